The van der Waals surface area contributed by atoms with E-state index in [4.69, 9.17) is 5.73 Å². The summed E-state index contributed by atoms with van der Waals surface area (Å²) in [6.45, 7) is 7.08. The zero-order valence-electron chi connectivity index (χ0n) is 11.9. The van der Waals surface area contributed by atoms with Crippen LogP contribution in [0, 0.1) is 17.3 Å². The van der Waals surface area contributed by atoms with Crippen LogP contribution in [0.4, 0.5) is 0 Å². The second kappa shape index (κ2) is 6.36. The van der Waals surface area contributed by atoms with Crippen LogP contribution in [0.5, 0.6) is 0 Å². The Labute approximate surface area is 112 Å². The van der Waals surface area contributed by atoms with Gasteiger partial charge in [-0.3, -0.25) is 0 Å². The summed E-state index contributed by atoms with van der Waals surface area (Å²) in [5.74, 6) is 1.44. The predicted octanol–water partition coefficient (Wildman–Crippen LogP) is 1.85. The van der Waals surface area contributed by atoms with Crippen molar-refractivity contribution in [3.63, 3.8) is 0 Å². The van der Waals surface area contributed by atoms with Gasteiger partial charge >= 0.3 is 0 Å². The molecule has 0 aromatic rings. The minimum atomic E-state index is 0.368. The maximum Gasteiger partial charge on any atom is 0.0460 e. The molecule has 0 spiro atoms. The Bertz CT molecular complexity index is 241. The molecular formula is C15H30N2O. The second-order valence-electron chi connectivity index (χ2n) is 6.79. The van der Waals surface area contributed by atoms with Gasteiger partial charge in [0, 0.05) is 13.2 Å². The second-order valence-corrected chi connectivity index (χ2v) is 6.79. The van der Waals surface area contributed by atoms with Crippen LogP contribution in [0.3, 0.4) is 0 Å². The summed E-state index contributed by atoms with van der Waals surface area (Å²) in [7, 11) is 0. The van der Waals surface area contributed by atoms with Crippen molar-refractivity contribution in [3.8, 4) is 0 Å². The molecule has 18 heavy (non-hydrogen) atoms. The van der Waals surface area contributed by atoms with Crippen LogP contribution in [-0.2, 0) is 0 Å². The summed E-state index contributed by atoms with van der Waals surface area (Å²) in [5.41, 5.74) is 6.48. The molecule has 0 atom stereocenters. The van der Waals surface area contributed by atoms with E-state index in [1.807, 2.05) is 0 Å². The van der Waals surface area contributed by atoms with Gasteiger partial charge < -0.3 is 15.7 Å². The number of piperidine rings is 1. The molecule has 1 aliphatic heterocycles. The Balaban J connectivity index is 1.83. The van der Waals surface area contributed by atoms with Gasteiger partial charge in [0.15, 0.2) is 0 Å². The molecule has 106 valence electrons. The third-order valence-corrected chi connectivity index (χ3v) is 5.29. The molecule has 2 fully saturated rings. The lowest BCUT2D eigenvalue weighted by Gasteiger charge is -2.43. The van der Waals surface area contributed by atoms with E-state index in [0.717, 1.165) is 38.4 Å². The van der Waals surface area contributed by atoms with Crippen LogP contribution >= 0.6 is 0 Å². The van der Waals surface area contributed by atoms with E-state index in [-0.39, 0.29) is 0 Å². The average molecular weight is 254 g/mol. The van der Waals surface area contributed by atoms with Crippen molar-refractivity contribution in [2.45, 2.75) is 45.4 Å². The number of aliphatic hydroxyl groups is 1. The van der Waals surface area contributed by atoms with E-state index in [9.17, 15) is 5.11 Å². The quantitative estimate of drug-likeness (QED) is 0.805. The van der Waals surface area contributed by atoms with Crippen LogP contribution in [0.25, 0.3) is 0 Å². The zero-order chi connectivity index (χ0) is 13.0. The molecule has 0 aromatic carbocycles. The number of nitrogens with two attached hydrogens (primary N) is 1. The first-order valence-electron chi connectivity index (χ1n) is 7.71. The highest BCUT2D eigenvalue weighted by molar-refractivity contribution is 4.89. The molecule has 0 bridgehead atoms. The van der Waals surface area contributed by atoms with Crippen molar-refractivity contribution in [1.82, 2.24) is 4.90 Å². The summed E-state index contributed by atoms with van der Waals surface area (Å²) >= 11 is 0. The summed E-state index contributed by atoms with van der Waals surface area (Å²) in [5, 5.41) is 9.19. The van der Waals surface area contributed by atoms with Gasteiger partial charge in [0.05, 0.1) is 0 Å². The third kappa shape index (κ3) is 3.46. The van der Waals surface area contributed by atoms with Crippen molar-refractivity contribution in [2.75, 3.05) is 32.8 Å². The number of nitrogens with zero attached hydrogens (tertiary/aromatic N) is 1. The summed E-state index contributed by atoms with van der Waals surface area (Å²) in [6, 6.07) is 0. The van der Waals surface area contributed by atoms with Gasteiger partial charge in [0.2, 0.25) is 0 Å². The molecular weight excluding hydrogens is 224 g/mol. The van der Waals surface area contributed by atoms with Gasteiger partial charge in [-0.25, -0.2) is 0 Å². The molecule has 3 nitrogen and oxygen atoms in total. The molecule has 0 radical (unpaired) electrons. The number of hydrogen-bond donors (Lipinski definition) is 2. The van der Waals surface area contributed by atoms with E-state index in [1.54, 1.807) is 0 Å². The molecule has 0 aromatic heterocycles. The van der Waals surface area contributed by atoms with Gasteiger partial charge in [-0.2, -0.15) is 0 Å². The molecule has 1 saturated carbocycles. The van der Waals surface area contributed by atoms with Gasteiger partial charge in [0.1, 0.15) is 0 Å². The van der Waals surface area contributed by atoms with Crippen LogP contribution in [0.15, 0.2) is 0 Å². The summed E-state index contributed by atoms with van der Waals surface area (Å²) in [4.78, 5) is 2.59. The average Bonchev–Trinajstić information content (AvgIpc) is 2.43. The molecule has 1 aliphatic carbocycles. The van der Waals surface area contributed by atoms with Crippen LogP contribution in [0.1, 0.15) is 45.4 Å². The van der Waals surface area contributed by atoms with Crippen molar-refractivity contribution in [2.24, 2.45) is 23.0 Å². The first kappa shape index (κ1) is 14.3. The Morgan fingerprint density at radius 2 is 1.78 bits per heavy atom. The van der Waals surface area contributed by atoms with E-state index < -0.39 is 0 Å². The number of hydrogen-bond acceptors (Lipinski definition) is 3. The SMILES string of the molecule is CC1CCC(CN)(CN2CCC(CO)CC2)CC1. The van der Waals surface area contributed by atoms with Gasteiger partial charge in [0.25, 0.3) is 0 Å². The van der Waals surface area contributed by atoms with Gasteiger partial charge in [-0.05, 0) is 62.6 Å². The zero-order valence-corrected chi connectivity index (χ0v) is 11.9. The monoisotopic (exact) mass is 254 g/mol. The molecule has 0 amide bonds. The van der Waals surface area contributed by atoms with Gasteiger partial charge in [-0.15, -0.1) is 0 Å². The Morgan fingerprint density at radius 3 is 2.28 bits per heavy atom. The number of likely N-dealkylation sites (tertiary alicyclic amines) is 1. The smallest absolute Gasteiger partial charge is 0.0460 e. The van der Waals surface area contributed by atoms with Crippen molar-refractivity contribution < 1.29 is 5.11 Å². The van der Waals surface area contributed by atoms with Crippen molar-refractivity contribution in [3.05, 3.63) is 0 Å². The van der Waals surface area contributed by atoms with Crippen LogP contribution in [-0.4, -0.2) is 42.8 Å². The normalized spacial score (nSPS) is 35.8. The molecule has 0 unspecified atom stereocenters. The highest BCUT2D eigenvalue weighted by atomic mass is 16.3. The Morgan fingerprint density at radius 1 is 1.17 bits per heavy atom. The topological polar surface area (TPSA) is 49.5 Å². The summed E-state index contributed by atoms with van der Waals surface area (Å²) < 4.78 is 0. The van der Waals surface area contributed by atoms with E-state index in [1.165, 1.54) is 32.2 Å². The number of rotatable bonds is 4. The lowest BCUT2D eigenvalue weighted by Crippen LogP contribution is -2.47. The molecule has 3 heteroatoms. The minimum Gasteiger partial charge on any atom is -0.396 e. The number of aliphatic hydroxyl groups excluding tert-OH is 1. The van der Waals surface area contributed by atoms with E-state index in [0.29, 0.717) is 17.9 Å². The van der Waals surface area contributed by atoms with Crippen molar-refractivity contribution >= 4 is 0 Å². The first-order valence-corrected chi connectivity index (χ1v) is 7.71. The third-order valence-electron chi connectivity index (χ3n) is 5.29. The molecule has 3 N–H and O–H groups in total. The first-order chi connectivity index (χ1) is 8.67. The maximum absolute atomic E-state index is 9.19. The fourth-order valence-corrected chi connectivity index (χ4v) is 3.60. The van der Waals surface area contributed by atoms with Gasteiger partial charge in [-0.1, -0.05) is 19.8 Å². The standard InChI is InChI=1S/C15H30N2O/c1-13-2-6-15(11-16,7-3-13)12-17-8-4-14(10-18)5-9-17/h13-14,18H,2-12,16H2,1H3. The lowest BCUT2D eigenvalue weighted by atomic mass is 9.70. The van der Waals surface area contributed by atoms with Crippen LogP contribution in [0.2, 0.25) is 0 Å². The molecule has 2 rings (SSSR count). The van der Waals surface area contributed by atoms with Crippen LogP contribution < -0.4 is 5.73 Å². The van der Waals surface area contributed by atoms with E-state index >= 15 is 0 Å². The maximum atomic E-state index is 9.19. The molecule has 1 saturated heterocycles. The summed E-state index contributed by atoms with van der Waals surface area (Å²) in [6.07, 6.45) is 7.64. The minimum absolute atomic E-state index is 0.368. The molecule has 1 heterocycles. The molecule has 2 aliphatic rings. The Hall–Kier alpha value is -0.120. The highest BCUT2D eigenvalue weighted by Crippen LogP contribution is 2.39. The highest BCUT2D eigenvalue weighted by Gasteiger charge is 2.35. The fourth-order valence-electron chi connectivity index (χ4n) is 3.60. The predicted molar refractivity (Wildman–Crippen MR) is 75.4 cm³/mol. The fraction of sp³-hybridized carbons (Fsp3) is 1.00. The Kier molecular flexibility index (Phi) is 5.05. The largest absolute Gasteiger partial charge is 0.396 e. The lowest BCUT2D eigenvalue weighted by molar-refractivity contribution is 0.0622. The van der Waals surface area contributed by atoms with E-state index in [2.05, 4.69) is 11.8 Å². The van der Waals surface area contributed by atoms with Crippen molar-refractivity contribution in [1.29, 1.82) is 0 Å².